The van der Waals surface area contributed by atoms with Crippen molar-refractivity contribution in [3.8, 4) is 0 Å². The molecule has 128 valence electrons. The van der Waals surface area contributed by atoms with Crippen LogP contribution < -0.4 is 11.1 Å². The van der Waals surface area contributed by atoms with Crippen LogP contribution in [0.3, 0.4) is 0 Å². The van der Waals surface area contributed by atoms with Gasteiger partial charge in [0.2, 0.25) is 5.91 Å². The van der Waals surface area contributed by atoms with Crippen LogP contribution in [-0.2, 0) is 11.2 Å². The molecule has 1 aromatic carbocycles. The molecule has 0 aliphatic heterocycles. The lowest BCUT2D eigenvalue weighted by molar-refractivity contribution is -0.126. The van der Waals surface area contributed by atoms with Crippen LogP contribution in [0.1, 0.15) is 45.1 Å². The molecule has 0 radical (unpaired) electrons. The number of carbonyl (C=O) groups excluding carboxylic acids is 1. The monoisotopic (exact) mass is 317 g/mol. The van der Waals surface area contributed by atoms with Crippen molar-refractivity contribution in [2.24, 2.45) is 5.73 Å². The molecule has 1 amide bonds. The molecule has 1 atom stereocenters. The zero-order valence-corrected chi connectivity index (χ0v) is 14.6. The maximum Gasteiger partial charge on any atom is 0.240 e. The summed E-state index contributed by atoms with van der Waals surface area (Å²) in [5, 5.41) is 3.13. The molecule has 1 aliphatic rings. The van der Waals surface area contributed by atoms with Gasteiger partial charge in [-0.3, -0.25) is 9.69 Å². The first-order chi connectivity index (χ1) is 11.1. The van der Waals surface area contributed by atoms with Crippen LogP contribution in [0.15, 0.2) is 30.3 Å². The number of rotatable bonds is 8. The summed E-state index contributed by atoms with van der Waals surface area (Å²) in [6.45, 7) is 6.97. The minimum absolute atomic E-state index is 0.0280. The Hall–Kier alpha value is -1.39. The van der Waals surface area contributed by atoms with Crippen LogP contribution in [0.25, 0.3) is 0 Å². The highest BCUT2D eigenvalue weighted by Gasteiger charge is 2.37. The van der Waals surface area contributed by atoms with Gasteiger partial charge in [-0.25, -0.2) is 0 Å². The first-order valence-electron chi connectivity index (χ1n) is 8.94. The number of likely N-dealkylation sites (N-methyl/N-ethyl adjacent to an activating group) is 1. The molecule has 0 aromatic heterocycles. The van der Waals surface area contributed by atoms with Crippen molar-refractivity contribution in [3.63, 3.8) is 0 Å². The van der Waals surface area contributed by atoms with Gasteiger partial charge in [-0.2, -0.15) is 0 Å². The number of nitrogens with two attached hydrogens (primary N) is 1. The Balaban J connectivity index is 1.98. The van der Waals surface area contributed by atoms with Gasteiger partial charge in [-0.15, -0.1) is 0 Å². The van der Waals surface area contributed by atoms with E-state index >= 15 is 0 Å². The summed E-state index contributed by atoms with van der Waals surface area (Å²) in [5.74, 6) is 0.0280. The predicted molar refractivity (Wildman–Crippen MR) is 95.3 cm³/mol. The van der Waals surface area contributed by atoms with Gasteiger partial charge in [-0.05, 0) is 37.9 Å². The maximum absolute atomic E-state index is 12.5. The number of hydrogen-bond acceptors (Lipinski definition) is 3. The highest BCUT2D eigenvalue weighted by Crippen LogP contribution is 2.27. The van der Waals surface area contributed by atoms with Gasteiger partial charge in [0.05, 0.1) is 5.54 Å². The summed E-state index contributed by atoms with van der Waals surface area (Å²) in [4.78, 5) is 14.9. The minimum Gasteiger partial charge on any atom is -0.353 e. The summed E-state index contributed by atoms with van der Waals surface area (Å²) in [5.41, 5.74) is 6.93. The smallest absolute Gasteiger partial charge is 0.240 e. The molecular weight excluding hydrogens is 286 g/mol. The van der Waals surface area contributed by atoms with E-state index in [1.807, 2.05) is 6.07 Å². The van der Waals surface area contributed by atoms with Gasteiger partial charge in [0, 0.05) is 12.6 Å². The van der Waals surface area contributed by atoms with Gasteiger partial charge >= 0.3 is 0 Å². The van der Waals surface area contributed by atoms with E-state index in [0.717, 1.165) is 45.2 Å². The van der Waals surface area contributed by atoms with Gasteiger partial charge in [-0.1, -0.05) is 57.0 Å². The zero-order chi connectivity index (χ0) is 16.7. The molecule has 0 saturated heterocycles. The third-order valence-electron chi connectivity index (χ3n) is 5.09. The quantitative estimate of drug-likeness (QED) is 0.773. The van der Waals surface area contributed by atoms with Crippen molar-refractivity contribution in [3.05, 3.63) is 35.9 Å². The molecule has 0 bridgehead atoms. The molecule has 2 rings (SSSR count). The van der Waals surface area contributed by atoms with E-state index in [0.29, 0.717) is 12.6 Å². The SMILES string of the molecule is CCN(CC)C(CNC(=O)C1(N)CCCC1)Cc1ccccc1. The Kier molecular flexibility index (Phi) is 6.60. The van der Waals surface area contributed by atoms with Crippen molar-refractivity contribution in [2.45, 2.75) is 57.5 Å². The van der Waals surface area contributed by atoms with Crippen LogP contribution in [0, 0.1) is 0 Å². The average molecular weight is 317 g/mol. The average Bonchev–Trinajstić information content (AvgIpc) is 3.02. The van der Waals surface area contributed by atoms with E-state index in [2.05, 4.69) is 48.3 Å². The molecule has 1 unspecified atom stereocenters. The lowest BCUT2D eigenvalue weighted by Crippen LogP contribution is -2.55. The molecule has 3 N–H and O–H groups in total. The van der Waals surface area contributed by atoms with Crippen LogP contribution in [0.5, 0.6) is 0 Å². The normalized spacial score (nSPS) is 18.1. The summed E-state index contributed by atoms with van der Waals surface area (Å²) < 4.78 is 0. The van der Waals surface area contributed by atoms with E-state index in [4.69, 9.17) is 5.73 Å². The molecule has 23 heavy (non-hydrogen) atoms. The van der Waals surface area contributed by atoms with Gasteiger partial charge in [0.1, 0.15) is 0 Å². The molecular formula is C19H31N3O. The Morgan fingerprint density at radius 3 is 2.39 bits per heavy atom. The molecule has 4 heteroatoms. The highest BCUT2D eigenvalue weighted by molar-refractivity contribution is 5.86. The summed E-state index contributed by atoms with van der Waals surface area (Å²) in [6, 6.07) is 10.8. The molecule has 1 fully saturated rings. The van der Waals surface area contributed by atoms with Crippen LogP contribution in [0.2, 0.25) is 0 Å². The Morgan fingerprint density at radius 2 is 1.83 bits per heavy atom. The number of carbonyl (C=O) groups is 1. The maximum atomic E-state index is 12.5. The van der Waals surface area contributed by atoms with E-state index in [1.165, 1.54) is 5.56 Å². The summed E-state index contributed by atoms with van der Waals surface area (Å²) in [7, 11) is 0. The summed E-state index contributed by atoms with van der Waals surface area (Å²) >= 11 is 0. The van der Waals surface area contributed by atoms with Crippen LogP contribution in [0.4, 0.5) is 0 Å². The first-order valence-corrected chi connectivity index (χ1v) is 8.94. The van der Waals surface area contributed by atoms with Gasteiger partial charge < -0.3 is 11.1 Å². The van der Waals surface area contributed by atoms with E-state index in [-0.39, 0.29) is 5.91 Å². The Morgan fingerprint density at radius 1 is 1.22 bits per heavy atom. The van der Waals surface area contributed by atoms with E-state index < -0.39 is 5.54 Å². The van der Waals surface area contributed by atoms with Crippen molar-refractivity contribution >= 4 is 5.91 Å². The third-order valence-corrected chi connectivity index (χ3v) is 5.09. The fourth-order valence-electron chi connectivity index (χ4n) is 3.58. The topological polar surface area (TPSA) is 58.4 Å². The Labute approximate surface area is 140 Å². The highest BCUT2D eigenvalue weighted by atomic mass is 16.2. The second-order valence-corrected chi connectivity index (χ2v) is 6.64. The number of benzene rings is 1. The van der Waals surface area contributed by atoms with Crippen molar-refractivity contribution < 1.29 is 4.79 Å². The van der Waals surface area contributed by atoms with Crippen molar-refractivity contribution in [2.75, 3.05) is 19.6 Å². The molecule has 1 saturated carbocycles. The fraction of sp³-hybridized carbons (Fsp3) is 0.632. The van der Waals surface area contributed by atoms with Crippen LogP contribution >= 0.6 is 0 Å². The van der Waals surface area contributed by atoms with Gasteiger partial charge in [0.15, 0.2) is 0 Å². The number of nitrogens with zero attached hydrogens (tertiary/aromatic N) is 1. The predicted octanol–water partition coefficient (Wildman–Crippen LogP) is 2.33. The second kappa shape index (κ2) is 8.46. The zero-order valence-electron chi connectivity index (χ0n) is 14.6. The molecule has 1 aliphatic carbocycles. The standard InChI is InChI=1S/C19H31N3O/c1-3-22(4-2)17(14-16-10-6-5-7-11-16)15-21-18(23)19(20)12-8-9-13-19/h5-7,10-11,17H,3-4,8-9,12-15,20H2,1-2H3,(H,21,23). The van der Waals surface area contributed by atoms with E-state index in [1.54, 1.807) is 0 Å². The largest absolute Gasteiger partial charge is 0.353 e. The minimum atomic E-state index is -0.638. The van der Waals surface area contributed by atoms with E-state index in [9.17, 15) is 4.79 Å². The fourth-order valence-corrected chi connectivity index (χ4v) is 3.58. The molecule has 0 spiro atoms. The Bertz CT molecular complexity index is 479. The van der Waals surface area contributed by atoms with Crippen molar-refractivity contribution in [1.29, 1.82) is 0 Å². The number of nitrogens with one attached hydrogen (secondary N) is 1. The lowest BCUT2D eigenvalue weighted by atomic mass is 9.97. The van der Waals surface area contributed by atoms with Crippen LogP contribution in [-0.4, -0.2) is 42.0 Å². The number of hydrogen-bond donors (Lipinski definition) is 2. The molecule has 4 nitrogen and oxygen atoms in total. The summed E-state index contributed by atoms with van der Waals surface area (Å²) in [6.07, 6.45) is 4.70. The van der Waals surface area contributed by atoms with Crippen molar-refractivity contribution in [1.82, 2.24) is 10.2 Å². The molecule has 1 aromatic rings. The lowest BCUT2D eigenvalue weighted by Gasteiger charge is -2.31. The third kappa shape index (κ3) is 4.79. The molecule has 0 heterocycles. The second-order valence-electron chi connectivity index (χ2n) is 6.64. The first kappa shape index (κ1) is 18.0. The number of amides is 1. The van der Waals surface area contributed by atoms with Gasteiger partial charge in [0.25, 0.3) is 0 Å².